The van der Waals surface area contributed by atoms with Crippen molar-refractivity contribution in [2.75, 3.05) is 0 Å². The number of rotatable bonds is 0. The molecule has 0 aromatic carbocycles. The second-order valence-corrected chi connectivity index (χ2v) is 1.68. The van der Waals surface area contributed by atoms with Crippen LogP contribution >= 0.6 is 0 Å². The summed E-state index contributed by atoms with van der Waals surface area (Å²) in [5.74, 6) is 0. The molecule has 48 valence electrons. The minimum absolute atomic E-state index is 0. The van der Waals surface area contributed by atoms with Gasteiger partial charge in [0.2, 0.25) is 0 Å². The summed E-state index contributed by atoms with van der Waals surface area (Å²) in [6.07, 6.45) is 0. The van der Waals surface area contributed by atoms with Crippen molar-refractivity contribution in [2.45, 2.75) is 0 Å². The molecule has 0 heterocycles. The normalized spacial score (nSPS) is 6.44. The van der Waals surface area contributed by atoms with E-state index in [0.29, 0.717) is 0 Å². The van der Waals surface area contributed by atoms with Gasteiger partial charge in [0, 0.05) is 0 Å². The van der Waals surface area contributed by atoms with E-state index in [1.54, 1.807) is 0 Å². The Labute approximate surface area is 98.2 Å². The van der Waals surface area contributed by atoms with Crippen molar-refractivity contribution in [2.24, 2.45) is 0 Å². The molecule has 6 nitrogen and oxygen atoms in total. The Bertz CT molecular complexity index is 94.2. The molecule has 0 atom stereocenters. The van der Waals surface area contributed by atoms with Crippen molar-refractivity contribution in [3.8, 4) is 0 Å². The van der Waals surface area contributed by atoms with Crippen molar-refractivity contribution in [3.63, 3.8) is 0 Å². The summed E-state index contributed by atoms with van der Waals surface area (Å²) in [5.41, 5.74) is 0. The SMILES string of the molecule is O.O.[Na+].[Na+].[O]=[Cr](=[O])([O-])[O-]. The zero-order chi connectivity index (χ0) is 4.50. The van der Waals surface area contributed by atoms with Crippen LogP contribution in [-0.2, 0) is 21.2 Å². The Balaban J connectivity index is -0.0000000133. The van der Waals surface area contributed by atoms with Crippen LogP contribution < -0.4 is 67.4 Å². The first-order valence-corrected chi connectivity index (χ1v) is 2.75. The molecule has 4 N–H and O–H groups in total. The van der Waals surface area contributed by atoms with Gasteiger partial charge in [-0.1, -0.05) is 0 Å². The zero-order valence-corrected chi connectivity index (χ0v) is 10.3. The summed E-state index contributed by atoms with van der Waals surface area (Å²) < 4.78 is 34.4. The molecule has 0 aromatic heterocycles. The van der Waals surface area contributed by atoms with Crippen molar-refractivity contribution in [1.29, 1.82) is 0 Å². The average molecular weight is 198 g/mol. The van der Waals surface area contributed by atoms with E-state index in [4.69, 9.17) is 15.9 Å². The molecule has 0 amide bonds. The molecule has 0 unspecified atom stereocenters. The van der Waals surface area contributed by atoms with Gasteiger partial charge < -0.3 is 11.0 Å². The molecular weight excluding hydrogens is 194 g/mol. The molecule has 0 fully saturated rings. The predicted octanol–water partition coefficient (Wildman–Crippen LogP) is -10.3. The molecular formula is H4CrNa2O6. The topological polar surface area (TPSA) is 143 Å². The fourth-order valence-electron chi connectivity index (χ4n) is 0. The van der Waals surface area contributed by atoms with Gasteiger partial charge in [-0.05, 0) is 0 Å². The monoisotopic (exact) mass is 198 g/mol. The molecule has 0 aromatic rings. The van der Waals surface area contributed by atoms with Gasteiger partial charge in [-0.15, -0.1) is 0 Å². The van der Waals surface area contributed by atoms with Gasteiger partial charge in [0.25, 0.3) is 0 Å². The molecule has 9 heteroatoms. The van der Waals surface area contributed by atoms with Crippen LogP contribution in [0.25, 0.3) is 0 Å². The minimum atomic E-state index is -5.75. The van der Waals surface area contributed by atoms with Crippen LogP contribution in [-0.4, -0.2) is 11.0 Å². The Hall–Kier alpha value is 1.97. The molecule has 0 aliphatic heterocycles. The Morgan fingerprint density at radius 1 is 0.889 bits per heavy atom. The van der Waals surface area contributed by atoms with Gasteiger partial charge in [-0.2, -0.15) is 0 Å². The number of hydrogen-bond donors (Lipinski definition) is 0. The van der Waals surface area contributed by atoms with Gasteiger partial charge in [0.05, 0.1) is 0 Å². The molecule has 0 rings (SSSR count). The van der Waals surface area contributed by atoms with Crippen LogP contribution in [0.2, 0.25) is 0 Å². The van der Waals surface area contributed by atoms with Crippen LogP contribution in [0.15, 0.2) is 0 Å². The van der Waals surface area contributed by atoms with Gasteiger partial charge >= 0.3 is 88.7 Å². The molecule has 0 saturated carbocycles. The van der Waals surface area contributed by atoms with E-state index in [-0.39, 0.29) is 70.1 Å². The first kappa shape index (κ1) is 30.6. The Morgan fingerprint density at radius 3 is 0.889 bits per heavy atom. The quantitative estimate of drug-likeness (QED) is 0.356. The molecule has 0 spiro atoms. The van der Waals surface area contributed by atoms with E-state index < -0.39 is 13.6 Å². The number of hydrogen-bond acceptors (Lipinski definition) is 4. The summed E-state index contributed by atoms with van der Waals surface area (Å²) in [6.45, 7) is 0. The van der Waals surface area contributed by atoms with Gasteiger partial charge in [0.15, 0.2) is 0 Å². The van der Waals surface area contributed by atoms with Crippen molar-refractivity contribution in [3.05, 3.63) is 0 Å². The van der Waals surface area contributed by atoms with Crippen LogP contribution in [0.1, 0.15) is 0 Å². The van der Waals surface area contributed by atoms with Gasteiger partial charge in [-0.3, -0.25) is 0 Å². The van der Waals surface area contributed by atoms with E-state index in [9.17, 15) is 0 Å². The average Bonchev–Trinajstić information content (AvgIpc) is 0.722. The predicted molar refractivity (Wildman–Crippen MR) is 8.60 cm³/mol. The molecule has 0 bridgehead atoms. The summed E-state index contributed by atoms with van der Waals surface area (Å²) in [6, 6.07) is 0. The zero-order valence-electron chi connectivity index (χ0n) is 5.04. The van der Waals surface area contributed by atoms with Crippen LogP contribution in [0.5, 0.6) is 0 Å². The standard InChI is InChI=1S/Cr.2Na.2H2O.4O/h;;;2*1H2;;;;/q;2*+1;;;;;2*-1. The van der Waals surface area contributed by atoms with Crippen molar-refractivity contribution < 1.29 is 99.6 Å². The fraction of sp³-hybridized carbons (Fsp3) is 0. The van der Waals surface area contributed by atoms with Crippen LogP contribution in [0, 0.1) is 0 Å². The summed E-state index contributed by atoms with van der Waals surface area (Å²) in [5, 5.41) is 0. The maximum atomic E-state index is 8.59. The molecule has 0 saturated heterocycles. The third-order valence-corrected chi connectivity index (χ3v) is 0. The molecule has 9 heavy (non-hydrogen) atoms. The first-order valence-electron chi connectivity index (χ1n) is 0.667. The van der Waals surface area contributed by atoms with Crippen LogP contribution in [0.3, 0.4) is 0 Å². The maximum absolute atomic E-state index is 8.59. The third-order valence-electron chi connectivity index (χ3n) is 0. The third kappa shape index (κ3) is 163. The second-order valence-electron chi connectivity index (χ2n) is 0.408. The molecule has 0 aliphatic carbocycles. The van der Waals surface area contributed by atoms with E-state index >= 15 is 0 Å². The van der Waals surface area contributed by atoms with Gasteiger partial charge in [0.1, 0.15) is 0 Å². The van der Waals surface area contributed by atoms with E-state index in [1.807, 2.05) is 0 Å². The summed E-state index contributed by atoms with van der Waals surface area (Å²) >= 11 is -5.75. The Kier molecular flexibility index (Phi) is 42.9. The second kappa shape index (κ2) is 12.6. The van der Waals surface area contributed by atoms with E-state index in [0.717, 1.165) is 0 Å². The molecule has 0 radical (unpaired) electrons. The fourth-order valence-corrected chi connectivity index (χ4v) is 0. The Morgan fingerprint density at radius 2 is 0.889 bits per heavy atom. The summed E-state index contributed by atoms with van der Waals surface area (Å²) in [7, 11) is 0. The van der Waals surface area contributed by atoms with E-state index in [1.165, 1.54) is 0 Å². The van der Waals surface area contributed by atoms with E-state index in [2.05, 4.69) is 0 Å². The first-order chi connectivity index (χ1) is 2.00. The molecule has 0 aliphatic rings. The van der Waals surface area contributed by atoms with Crippen molar-refractivity contribution >= 4 is 0 Å². The van der Waals surface area contributed by atoms with Crippen LogP contribution in [0.4, 0.5) is 0 Å². The van der Waals surface area contributed by atoms with Gasteiger partial charge in [-0.25, -0.2) is 0 Å². The van der Waals surface area contributed by atoms with Crippen molar-refractivity contribution in [1.82, 2.24) is 0 Å². The summed E-state index contributed by atoms with van der Waals surface area (Å²) in [4.78, 5) is 0.